The van der Waals surface area contributed by atoms with E-state index in [0.29, 0.717) is 22.9 Å². The Morgan fingerprint density at radius 3 is 2.59 bits per heavy atom. The molecule has 4 nitrogen and oxygen atoms in total. The van der Waals surface area contributed by atoms with Crippen molar-refractivity contribution in [2.45, 2.75) is 38.5 Å². The Labute approximate surface area is 164 Å². The number of rotatable bonds is 6. The maximum atomic E-state index is 13.8. The molecule has 0 aliphatic carbocycles. The number of amides is 1. The molecule has 3 rings (SSSR count). The van der Waals surface area contributed by atoms with Gasteiger partial charge in [0.1, 0.15) is 11.6 Å². The molecule has 1 aliphatic rings. The van der Waals surface area contributed by atoms with Crippen molar-refractivity contribution < 1.29 is 13.9 Å². The highest BCUT2D eigenvalue weighted by Crippen LogP contribution is 2.24. The van der Waals surface area contributed by atoms with E-state index in [1.54, 1.807) is 25.1 Å². The molecule has 1 amide bonds. The lowest BCUT2D eigenvalue weighted by molar-refractivity contribution is -0.128. The molecule has 2 aromatic carbocycles. The highest BCUT2D eigenvalue weighted by Gasteiger charge is 2.24. The lowest BCUT2D eigenvalue weighted by Crippen LogP contribution is -2.47. The topological polar surface area (TPSA) is 41.6 Å². The van der Waals surface area contributed by atoms with Gasteiger partial charge in [-0.2, -0.15) is 0 Å². The van der Waals surface area contributed by atoms with Crippen molar-refractivity contribution in [2.75, 3.05) is 13.1 Å². The number of hydrogen-bond donors (Lipinski definition) is 1. The second-order valence-corrected chi connectivity index (χ2v) is 7.25. The van der Waals surface area contributed by atoms with Crippen molar-refractivity contribution >= 4 is 17.5 Å². The summed E-state index contributed by atoms with van der Waals surface area (Å²) in [5.41, 5.74) is 0.710. The van der Waals surface area contributed by atoms with Gasteiger partial charge in [-0.15, -0.1) is 0 Å². The minimum atomic E-state index is -0.624. The van der Waals surface area contributed by atoms with E-state index in [1.165, 1.54) is 6.07 Å². The number of piperidine rings is 1. The molecule has 144 valence electrons. The third kappa shape index (κ3) is 5.44. The first kappa shape index (κ1) is 19.6. The lowest BCUT2D eigenvalue weighted by atomic mass is 10.0. The first-order valence-electron chi connectivity index (χ1n) is 9.20. The van der Waals surface area contributed by atoms with Gasteiger partial charge in [0.15, 0.2) is 6.10 Å². The molecule has 1 aliphatic heterocycles. The van der Waals surface area contributed by atoms with Gasteiger partial charge in [0.25, 0.3) is 5.91 Å². The Morgan fingerprint density at radius 1 is 1.22 bits per heavy atom. The van der Waals surface area contributed by atoms with Crippen LogP contribution < -0.4 is 10.1 Å². The molecular formula is C21H24ClFN2O2. The van der Waals surface area contributed by atoms with Crippen LogP contribution in [0.15, 0.2) is 48.5 Å². The average molecular weight is 391 g/mol. The van der Waals surface area contributed by atoms with Crippen LogP contribution in [0.1, 0.15) is 25.3 Å². The number of hydrogen-bond acceptors (Lipinski definition) is 3. The molecule has 0 spiro atoms. The van der Waals surface area contributed by atoms with Gasteiger partial charge < -0.3 is 10.1 Å². The van der Waals surface area contributed by atoms with Crippen molar-refractivity contribution in [3.63, 3.8) is 0 Å². The number of nitrogens with zero attached hydrogens (tertiary/aromatic N) is 1. The van der Waals surface area contributed by atoms with Gasteiger partial charge in [0.2, 0.25) is 0 Å². The molecule has 0 unspecified atom stereocenters. The Balaban J connectivity index is 1.45. The molecule has 0 radical (unpaired) electrons. The number of nitrogens with one attached hydrogen (secondary N) is 1. The second kappa shape index (κ2) is 9.20. The standard InChI is InChI=1S/C21H24ClFN2O2/c1-15(27-20-9-5-3-7-18(20)22)21(26)24-17-10-12-25(13-11-17)14-16-6-2-4-8-19(16)23/h2-9,15,17H,10-14H2,1H3,(H,24,26)/t15-/m0/s1. The fourth-order valence-electron chi connectivity index (χ4n) is 3.21. The fourth-order valence-corrected chi connectivity index (χ4v) is 3.39. The smallest absolute Gasteiger partial charge is 0.260 e. The normalized spacial score (nSPS) is 16.7. The van der Waals surface area contributed by atoms with Gasteiger partial charge in [-0.25, -0.2) is 4.39 Å². The number of para-hydroxylation sites is 1. The third-order valence-electron chi connectivity index (χ3n) is 4.80. The Morgan fingerprint density at radius 2 is 1.89 bits per heavy atom. The van der Waals surface area contributed by atoms with Gasteiger partial charge >= 0.3 is 0 Å². The van der Waals surface area contributed by atoms with Crippen LogP contribution in [-0.2, 0) is 11.3 Å². The van der Waals surface area contributed by atoms with Gasteiger partial charge in [-0.05, 0) is 38.0 Å². The third-order valence-corrected chi connectivity index (χ3v) is 5.11. The van der Waals surface area contributed by atoms with Crippen molar-refractivity contribution in [3.05, 3.63) is 64.9 Å². The molecule has 1 heterocycles. The molecular weight excluding hydrogens is 367 g/mol. The zero-order chi connectivity index (χ0) is 19.2. The molecule has 27 heavy (non-hydrogen) atoms. The lowest BCUT2D eigenvalue weighted by Gasteiger charge is -2.33. The predicted octanol–water partition coefficient (Wildman–Crippen LogP) is 4.03. The molecule has 1 N–H and O–H groups in total. The summed E-state index contributed by atoms with van der Waals surface area (Å²) in [6, 6.07) is 14.1. The van der Waals surface area contributed by atoms with Crippen molar-refractivity contribution in [3.8, 4) is 5.75 Å². The summed E-state index contributed by atoms with van der Waals surface area (Å²) in [5, 5.41) is 3.53. The van der Waals surface area contributed by atoms with Crippen LogP contribution in [0, 0.1) is 5.82 Å². The maximum absolute atomic E-state index is 13.8. The molecule has 1 saturated heterocycles. The van der Waals surface area contributed by atoms with E-state index >= 15 is 0 Å². The monoisotopic (exact) mass is 390 g/mol. The molecule has 0 saturated carbocycles. The SMILES string of the molecule is C[C@H](Oc1ccccc1Cl)C(=O)NC1CCN(Cc2ccccc2F)CC1. The Kier molecular flexibility index (Phi) is 6.69. The number of likely N-dealkylation sites (tertiary alicyclic amines) is 1. The van der Waals surface area contributed by atoms with Crippen LogP contribution >= 0.6 is 11.6 Å². The van der Waals surface area contributed by atoms with E-state index in [-0.39, 0.29) is 17.8 Å². The number of benzene rings is 2. The molecule has 0 aromatic heterocycles. The minimum absolute atomic E-state index is 0.103. The van der Waals surface area contributed by atoms with Crippen LogP contribution in [0.4, 0.5) is 4.39 Å². The van der Waals surface area contributed by atoms with Crippen LogP contribution in [0.2, 0.25) is 5.02 Å². The first-order valence-corrected chi connectivity index (χ1v) is 9.58. The van der Waals surface area contributed by atoms with E-state index in [0.717, 1.165) is 25.9 Å². The highest BCUT2D eigenvalue weighted by atomic mass is 35.5. The van der Waals surface area contributed by atoms with Crippen LogP contribution in [-0.4, -0.2) is 36.0 Å². The van der Waals surface area contributed by atoms with E-state index in [4.69, 9.17) is 16.3 Å². The van der Waals surface area contributed by atoms with E-state index in [2.05, 4.69) is 10.2 Å². The van der Waals surface area contributed by atoms with Crippen molar-refractivity contribution in [1.29, 1.82) is 0 Å². The second-order valence-electron chi connectivity index (χ2n) is 6.84. The number of carbonyl (C=O) groups is 1. The van der Waals surface area contributed by atoms with Gasteiger partial charge in [-0.3, -0.25) is 9.69 Å². The Hall–Kier alpha value is -2.11. The van der Waals surface area contributed by atoms with Crippen LogP contribution in [0.25, 0.3) is 0 Å². The summed E-state index contributed by atoms with van der Waals surface area (Å²) in [5.74, 6) is 0.183. The molecule has 0 bridgehead atoms. The van der Waals surface area contributed by atoms with Gasteiger partial charge in [0, 0.05) is 31.2 Å². The zero-order valence-corrected chi connectivity index (χ0v) is 16.1. The summed E-state index contributed by atoms with van der Waals surface area (Å²) in [6.45, 7) is 3.95. The van der Waals surface area contributed by atoms with E-state index < -0.39 is 6.10 Å². The zero-order valence-electron chi connectivity index (χ0n) is 15.3. The average Bonchev–Trinajstić information content (AvgIpc) is 2.67. The number of carbonyl (C=O) groups excluding carboxylic acids is 1. The number of ether oxygens (including phenoxy) is 1. The summed E-state index contributed by atoms with van der Waals surface area (Å²) < 4.78 is 19.4. The predicted molar refractivity (Wildman–Crippen MR) is 104 cm³/mol. The largest absolute Gasteiger partial charge is 0.479 e. The molecule has 6 heteroatoms. The summed E-state index contributed by atoms with van der Waals surface area (Å²) >= 11 is 6.07. The van der Waals surface area contributed by atoms with Crippen molar-refractivity contribution in [1.82, 2.24) is 10.2 Å². The Bertz CT molecular complexity index is 778. The highest BCUT2D eigenvalue weighted by molar-refractivity contribution is 6.32. The van der Waals surface area contributed by atoms with E-state index in [9.17, 15) is 9.18 Å². The first-order chi connectivity index (χ1) is 13.0. The van der Waals surface area contributed by atoms with Gasteiger partial charge in [-0.1, -0.05) is 41.9 Å². The summed E-state index contributed by atoms with van der Waals surface area (Å²) in [7, 11) is 0. The van der Waals surface area contributed by atoms with Crippen LogP contribution in [0.5, 0.6) is 5.75 Å². The molecule has 1 fully saturated rings. The minimum Gasteiger partial charge on any atom is -0.479 e. The van der Waals surface area contributed by atoms with E-state index in [1.807, 2.05) is 24.3 Å². The summed E-state index contributed by atoms with van der Waals surface area (Å²) in [4.78, 5) is 14.6. The number of halogens is 2. The quantitative estimate of drug-likeness (QED) is 0.809. The molecule has 2 aromatic rings. The molecule has 1 atom stereocenters. The maximum Gasteiger partial charge on any atom is 0.260 e. The van der Waals surface area contributed by atoms with Crippen LogP contribution in [0.3, 0.4) is 0 Å². The van der Waals surface area contributed by atoms with Gasteiger partial charge in [0.05, 0.1) is 5.02 Å². The van der Waals surface area contributed by atoms with Crippen molar-refractivity contribution in [2.24, 2.45) is 0 Å². The fraction of sp³-hybridized carbons (Fsp3) is 0.381. The summed E-state index contributed by atoms with van der Waals surface area (Å²) in [6.07, 6.45) is 1.04.